The largest absolute Gasteiger partial charge is 0.480 e. The summed E-state index contributed by atoms with van der Waals surface area (Å²) in [7, 11) is 0. The zero-order valence-corrected chi connectivity index (χ0v) is 13.1. The zero-order chi connectivity index (χ0) is 14.6. The van der Waals surface area contributed by atoms with Crippen molar-refractivity contribution in [2.45, 2.75) is 59.0 Å². The predicted molar refractivity (Wildman–Crippen MR) is 78.3 cm³/mol. The molecule has 0 aromatic heterocycles. The number of aliphatic carboxylic acids is 1. The second kappa shape index (κ2) is 6.71. The normalized spacial score (nSPS) is 24.1. The van der Waals surface area contributed by atoms with Crippen LogP contribution < -0.4 is 5.32 Å². The summed E-state index contributed by atoms with van der Waals surface area (Å²) in [5.74, 6) is 0.750. The molecule has 0 radical (unpaired) electrons. The first-order chi connectivity index (χ1) is 8.74. The third kappa shape index (κ3) is 4.77. The first-order valence-electron chi connectivity index (χ1n) is 7.48. The highest BCUT2D eigenvalue weighted by Gasteiger charge is 2.34. The van der Waals surface area contributed by atoms with Crippen LogP contribution in [0.15, 0.2) is 0 Å². The Bertz CT molecular complexity index is 305. The molecule has 1 aliphatic heterocycles. The molecule has 0 bridgehead atoms. The summed E-state index contributed by atoms with van der Waals surface area (Å²) in [6.07, 6.45) is 1.91. The summed E-state index contributed by atoms with van der Waals surface area (Å²) in [4.78, 5) is 13.9. The van der Waals surface area contributed by atoms with Gasteiger partial charge in [0.05, 0.1) is 0 Å². The van der Waals surface area contributed by atoms with E-state index in [0.717, 1.165) is 31.5 Å². The Labute approximate surface area is 117 Å². The molecule has 0 aliphatic carbocycles. The maximum atomic E-state index is 11.5. The SMILES string of the molecule is CC(C)NC(C)(CCN1CCC(C(C)C)C1)C(=O)O. The molecular formula is C15H30N2O2. The van der Waals surface area contributed by atoms with Gasteiger partial charge in [-0.25, -0.2) is 0 Å². The van der Waals surface area contributed by atoms with Gasteiger partial charge in [0.1, 0.15) is 5.54 Å². The van der Waals surface area contributed by atoms with Crippen molar-refractivity contribution >= 4 is 5.97 Å². The Morgan fingerprint density at radius 3 is 2.47 bits per heavy atom. The minimum atomic E-state index is -0.815. The Morgan fingerprint density at radius 1 is 1.42 bits per heavy atom. The molecule has 1 heterocycles. The van der Waals surface area contributed by atoms with E-state index in [2.05, 4.69) is 24.1 Å². The molecule has 2 N–H and O–H groups in total. The van der Waals surface area contributed by atoms with E-state index in [1.165, 1.54) is 6.42 Å². The van der Waals surface area contributed by atoms with Crippen molar-refractivity contribution < 1.29 is 9.90 Å². The Kier molecular flexibility index (Phi) is 5.81. The van der Waals surface area contributed by atoms with E-state index in [1.807, 2.05) is 13.8 Å². The number of carbonyl (C=O) groups is 1. The Hall–Kier alpha value is -0.610. The van der Waals surface area contributed by atoms with Gasteiger partial charge in [-0.05, 0) is 52.0 Å². The van der Waals surface area contributed by atoms with Crippen LogP contribution in [0.3, 0.4) is 0 Å². The maximum absolute atomic E-state index is 11.5. The number of hydrogen-bond donors (Lipinski definition) is 2. The summed E-state index contributed by atoms with van der Waals surface area (Å²) in [6, 6.07) is 0.183. The summed E-state index contributed by atoms with van der Waals surface area (Å²) < 4.78 is 0. The van der Waals surface area contributed by atoms with Crippen molar-refractivity contribution in [3.63, 3.8) is 0 Å². The van der Waals surface area contributed by atoms with Gasteiger partial charge in [0.15, 0.2) is 0 Å². The number of rotatable bonds is 7. The van der Waals surface area contributed by atoms with Crippen molar-refractivity contribution in [1.29, 1.82) is 0 Å². The molecule has 1 rings (SSSR count). The van der Waals surface area contributed by atoms with E-state index >= 15 is 0 Å². The molecule has 1 saturated heterocycles. The zero-order valence-electron chi connectivity index (χ0n) is 13.1. The first-order valence-corrected chi connectivity index (χ1v) is 7.48. The van der Waals surface area contributed by atoms with E-state index in [-0.39, 0.29) is 6.04 Å². The van der Waals surface area contributed by atoms with Crippen LogP contribution in [0.4, 0.5) is 0 Å². The highest BCUT2D eigenvalue weighted by atomic mass is 16.4. The third-order valence-corrected chi connectivity index (χ3v) is 4.26. The van der Waals surface area contributed by atoms with Gasteiger partial charge in [0.2, 0.25) is 0 Å². The van der Waals surface area contributed by atoms with E-state index in [1.54, 1.807) is 6.92 Å². The number of hydrogen-bond acceptors (Lipinski definition) is 3. The number of nitrogens with zero attached hydrogens (tertiary/aromatic N) is 1. The van der Waals surface area contributed by atoms with Crippen molar-refractivity contribution in [2.24, 2.45) is 11.8 Å². The second-order valence-corrected chi connectivity index (χ2v) is 6.78. The minimum absolute atomic E-state index is 0.183. The second-order valence-electron chi connectivity index (χ2n) is 6.78. The highest BCUT2D eigenvalue weighted by Crippen LogP contribution is 2.24. The molecule has 1 fully saturated rings. The number of likely N-dealkylation sites (tertiary alicyclic amines) is 1. The number of carboxylic acids is 1. The summed E-state index contributed by atoms with van der Waals surface area (Å²) >= 11 is 0. The molecule has 0 spiro atoms. The van der Waals surface area contributed by atoms with Gasteiger partial charge in [-0.3, -0.25) is 10.1 Å². The van der Waals surface area contributed by atoms with E-state index in [4.69, 9.17) is 0 Å². The van der Waals surface area contributed by atoms with Crippen LogP contribution in [0.25, 0.3) is 0 Å². The van der Waals surface area contributed by atoms with Gasteiger partial charge in [0.25, 0.3) is 0 Å². The lowest BCUT2D eigenvalue weighted by molar-refractivity contribution is -0.144. The Balaban J connectivity index is 2.47. The molecule has 19 heavy (non-hydrogen) atoms. The lowest BCUT2D eigenvalue weighted by Gasteiger charge is -2.30. The van der Waals surface area contributed by atoms with Crippen LogP contribution >= 0.6 is 0 Å². The van der Waals surface area contributed by atoms with Crippen LogP contribution in [0.5, 0.6) is 0 Å². The standard InChI is InChI=1S/C15H30N2O2/c1-11(2)13-6-8-17(10-13)9-7-15(5,14(18)19)16-12(3)4/h11-13,16H,6-10H2,1-5H3,(H,18,19). The molecule has 1 aliphatic rings. The molecule has 4 heteroatoms. The van der Waals surface area contributed by atoms with Crippen molar-refractivity contribution in [2.75, 3.05) is 19.6 Å². The maximum Gasteiger partial charge on any atom is 0.323 e. The van der Waals surface area contributed by atoms with Gasteiger partial charge in [0, 0.05) is 19.1 Å². The van der Waals surface area contributed by atoms with Crippen LogP contribution in [-0.4, -0.2) is 47.2 Å². The molecular weight excluding hydrogens is 240 g/mol. The fraction of sp³-hybridized carbons (Fsp3) is 0.933. The Morgan fingerprint density at radius 2 is 2.05 bits per heavy atom. The topological polar surface area (TPSA) is 52.6 Å². The van der Waals surface area contributed by atoms with Gasteiger partial charge < -0.3 is 10.0 Å². The predicted octanol–water partition coefficient (Wildman–Crippen LogP) is 2.20. The smallest absolute Gasteiger partial charge is 0.323 e. The van der Waals surface area contributed by atoms with E-state index < -0.39 is 11.5 Å². The molecule has 4 nitrogen and oxygen atoms in total. The molecule has 0 aromatic carbocycles. The average molecular weight is 270 g/mol. The van der Waals surface area contributed by atoms with Gasteiger partial charge >= 0.3 is 5.97 Å². The molecule has 2 unspecified atom stereocenters. The van der Waals surface area contributed by atoms with E-state index in [0.29, 0.717) is 6.42 Å². The molecule has 0 saturated carbocycles. The van der Waals surface area contributed by atoms with Crippen molar-refractivity contribution in [3.05, 3.63) is 0 Å². The third-order valence-electron chi connectivity index (χ3n) is 4.26. The number of carboxylic acid groups (broad SMARTS) is 1. The quantitative estimate of drug-likeness (QED) is 0.744. The van der Waals surface area contributed by atoms with Crippen molar-refractivity contribution in [3.8, 4) is 0 Å². The lowest BCUT2D eigenvalue weighted by atomic mass is 9.95. The highest BCUT2D eigenvalue weighted by molar-refractivity contribution is 5.78. The van der Waals surface area contributed by atoms with E-state index in [9.17, 15) is 9.90 Å². The fourth-order valence-electron chi connectivity index (χ4n) is 2.87. The monoisotopic (exact) mass is 270 g/mol. The first kappa shape index (κ1) is 16.4. The minimum Gasteiger partial charge on any atom is -0.480 e. The van der Waals surface area contributed by atoms with Gasteiger partial charge in [-0.15, -0.1) is 0 Å². The fourth-order valence-corrected chi connectivity index (χ4v) is 2.87. The molecule has 112 valence electrons. The van der Waals surface area contributed by atoms with Crippen LogP contribution in [0.2, 0.25) is 0 Å². The summed E-state index contributed by atoms with van der Waals surface area (Å²) in [5, 5.41) is 12.6. The lowest BCUT2D eigenvalue weighted by Crippen LogP contribution is -2.53. The molecule has 0 amide bonds. The number of nitrogens with one attached hydrogen (secondary N) is 1. The van der Waals surface area contributed by atoms with Gasteiger partial charge in [-0.1, -0.05) is 13.8 Å². The van der Waals surface area contributed by atoms with Gasteiger partial charge in [-0.2, -0.15) is 0 Å². The van der Waals surface area contributed by atoms with Crippen molar-refractivity contribution in [1.82, 2.24) is 10.2 Å². The molecule has 2 atom stereocenters. The summed E-state index contributed by atoms with van der Waals surface area (Å²) in [6.45, 7) is 13.4. The van der Waals surface area contributed by atoms with Crippen LogP contribution in [0, 0.1) is 11.8 Å². The van der Waals surface area contributed by atoms with Crippen LogP contribution in [0.1, 0.15) is 47.5 Å². The van der Waals surface area contributed by atoms with Crippen LogP contribution in [-0.2, 0) is 4.79 Å². The molecule has 0 aromatic rings. The summed E-state index contributed by atoms with van der Waals surface area (Å²) in [5.41, 5.74) is -0.815. The average Bonchev–Trinajstić information content (AvgIpc) is 2.74.